The molecule has 1 heterocycles. The predicted molar refractivity (Wildman–Crippen MR) is 47.5 cm³/mol. The zero-order valence-corrected chi connectivity index (χ0v) is 9.50. The maximum absolute atomic E-state index is 12.9. The van der Waals surface area contributed by atoms with Crippen molar-refractivity contribution in [2.75, 3.05) is 0 Å². The summed E-state index contributed by atoms with van der Waals surface area (Å²) < 4.78 is 125. The topological polar surface area (TPSA) is 35.9 Å². The molecule has 0 spiro atoms. The van der Waals surface area contributed by atoms with Crippen LogP contribution in [0.25, 0.3) is 0 Å². The number of alkyl halides is 9. The third-order valence-corrected chi connectivity index (χ3v) is 3.14. The van der Waals surface area contributed by atoms with Gasteiger partial charge in [-0.1, -0.05) is 11.8 Å². The second kappa shape index (κ2) is 4.43. The standard InChI is InChI=1S/C7H2F10N2S/c8-1(5(9,10)11)2-4(6(12,13)14,7(15,16)17)19-3(18)20-2/h(H2,18,19). The average molecular weight is 336 g/mol. The molecule has 0 aromatic heterocycles. The van der Waals surface area contributed by atoms with Crippen molar-refractivity contribution in [3.05, 3.63) is 10.7 Å². The molecular formula is C7H2F10N2S. The molecule has 20 heavy (non-hydrogen) atoms. The summed E-state index contributed by atoms with van der Waals surface area (Å²) in [6, 6.07) is 0. The first-order valence-electron chi connectivity index (χ1n) is 4.30. The van der Waals surface area contributed by atoms with Gasteiger partial charge in [0.25, 0.3) is 5.54 Å². The normalized spacial score (nSPS) is 22.8. The van der Waals surface area contributed by atoms with Crippen LogP contribution in [0.3, 0.4) is 0 Å². The Balaban J connectivity index is 3.70. The van der Waals surface area contributed by atoms with E-state index in [2.05, 4.69) is 0 Å². The highest BCUT2D eigenvalue weighted by atomic mass is 32.2. The zero-order valence-electron chi connectivity index (χ0n) is 8.69. The smallest absolute Gasteiger partial charge is 0.339 e. The van der Waals surface area contributed by atoms with Crippen LogP contribution in [0.15, 0.2) is 10.7 Å². The number of nitrogens with one attached hydrogen (secondary N) is 2. The second-order valence-corrected chi connectivity index (χ2v) is 4.46. The predicted octanol–water partition coefficient (Wildman–Crippen LogP) is 3.86. The highest BCUT2D eigenvalue weighted by molar-refractivity contribution is 8.17. The Morgan fingerprint density at radius 2 is 1.35 bits per heavy atom. The molecule has 0 aliphatic carbocycles. The molecular weight excluding hydrogens is 334 g/mol. The van der Waals surface area contributed by atoms with Crippen molar-refractivity contribution in [1.29, 1.82) is 5.41 Å². The first kappa shape index (κ1) is 16.9. The minimum Gasteiger partial charge on any atom is -0.339 e. The van der Waals surface area contributed by atoms with Crippen LogP contribution in [0.5, 0.6) is 0 Å². The van der Waals surface area contributed by atoms with Gasteiger partial charge in [-0.25, -0.2) is 4.39 Å². The molecule has 0 radical (unpaired) electrons. The molecule has 1 saturated heterocycles. The Kier molecular flexibility index (Phi) is 3.74. The Bertz CT molecular complexity index is 442. The first-order valence-corrected chi connectivity index (χ1v) is 5.11. The van der Waals surface area contributed by atoms with Crippen LogP contribution in [-0.4, -0.2) is 29.2 Å². The fourth-order valence-corrected chi connectivity index (χ4v) is 2.38. The SMILES string of the molecule is N=C1NC(C(F)(F)F)(C(F)(F)F)C(=C(F)C(F)(F)F)S1. The van der Waals surface area contributed by atoms with Gasteiger partial charge in [0, 0.05) is 0 Å². The van der Waals surface area contributed by atoms with Gasteiger partial charge in [-0.05, 0) is 0 Å². The molecule has 0 unspecified atom stereocenters. The summed E-state index contributed by atoms with van der Waals surface area (Å²) in [7, 11) is 0. The lowest BCUT2D eigenvalue weighted by atomic mass is 9.96. The zero-order chi connectivity index (χ0) is 16.1. The number of hydrogen-bond acceptors (Lipinski definition) is 2. The average Bonchev–Trinajstić information content (AvgIpc) is 2.52. The van der Waals surface area contributed by atoms with Crippen molar-refractivity contribution in [2.45, 2.75) is 24.1 Å². The molecule has 0 bridgehead atoms. The van der Waals surface area contributed by atoms with Crippen molar-refractivity contribution < 1.29 is 43.9 Å². The molecule has 0 saturated carbocycles. The van der Waals surface area contributed by atoms with Crippen LogP contribution in [0, 0.1) is 5.41 Å². The minimum absolute atomic E-state index is 0.549. The summed E-state index contributed by atoms with van der Waals surface area (Å²) in [6.07, 6.45) is -18.7. The third-order valence-electron chi connectivity index (χ3n) is 2.14. The van der Waals surface area contributed by atoms with Crippen LogP contribution in [0.2, 0.25) is 0 Å². The maximum Gasteiger partial charge on any atom is 0.443 e. The lowest BCUT2D eigenvalue weighted by Crippen LogP contribution is -2.65. The van der Waals surface area contributed by atoms with Gasteiger partial charge in [-0.3, -0.25) is 5.41 Å². The van der Waals surface area contributed by atoms with Gasteiger partial charge in [-0.15, -0.1) is 0 Å². The summed E-state index contributed by atoms with van der Waals surface area (Å²) >= 11 is -0.922. The Labute approximate surface area is 107 Å². The highest BCUT2D eigenvalue weighted by Crippen LogP contribution is 2.56. The molecule has 1 aliphatic rings. The van der Waals surface area contributed by atoms with E-state index in [-0.39, 0.29) is 0 Å². The largest absolute Gasteiger partial charge is 0.443 e. The number of rotatable bonds is 0. The van der Waals surface area contributed by atoms with Gasteiger partial charge in [0.2, 0.25) is 5.83 Å². The van der Waals surface area contributed by atoms with E-state index in [9.17, 15) is 43.9 Å². The summed E-state index contributed by atoms with van der Waals surface area (Å²) in [5, 5.41) is 5.62. The number of amidine groups is 1. The molecule has 2 nitrogen and oxygen atoms in total. The Hall–Kier alpha value is -1.14. The highest BCUT2D eigenvalue weighted by Gasteiger charge is 2.77. The van der Waals surface area contributed by atoms with Crippen molar-refractivity contribution in [2.24, 2.45) is 0 Å². The van der Waals surface area contributed by atoms with Crippen LogP contribution in [-0.2, 0) is 0 Å². The quantitative estimate of drug-likeness (QED) is 0.659. The van der Waals surface area contributed by atoms with E-state index in [0.29, 0.717) is 5.32 Å². The molecule has 0 atom stereocenters. The molecule has 1 aliphatic heterocycles. The van der Waals surface area contributed by atoms with E-state index in [4.69, 9.17) is 5.41 Å². The van der Waals surface area contributed by atoms with Crippen LogP contribution in [0.4, 0.5) is 43.9 Å². The van der Waals surface area contributed by atoms with Crippen LogP contribution < -0.4 is 5.32 Å². The fraction of sp³-hybridized carbons (Fsp3) is 0.571. The van der Waals surface area contributed by atoms with Gasteiger partial charge in [-0.2, -0.15) is 39.5 Å². The maximum atomic E-state index is 12.9. The van der Waals surface area contributed by atoms with Crippen molar-refractivity contribution >= 4 is 16.9 Å². The van der Waals surface area contributed by atoms with Gasteiger partial charge < -0.3 is 5.32 Å². The second-order valence-electron chi connectivity index (χ2n) is 3.44. The number of halogens is 10. The summed E-state index contributed by atoms with van der Waals surface area (Å²) in [6.45, 7) is 0. The molecule has 0 aromatic carbocycles. The Morgan fingerprint density at radius 1 is 0.950 bits per heavy atom. The van der Waals surface area contributed by atoms with Gasteiger partial charge >= 0.3 is 18.5 Å². The molecule has 2 N–H and O–H groups in total. The number of thioether (sulfide) groups is 1. The minimum atomic E-state index is -6.33. The Morgan fingerprint density at radius 3 is 1.65 bits per heavy atom. The molecule has 0 aromatic rings. The van der Waals surface area contributed by atoms with Gasteiger partial charge in [0.05, 0.1) is 4.91 Å². The molecule has 116 valence electrons. The summed E-state index contributed by atoms with van der Waals surface area (Å²) in [5.41, 5.74) is -5.29. The monoisotopic (exact) mass is 336 g/mol. The van der Waals surface area contributed by atoms with Gasteiger partial charge in [0.1, 0.15) is 0 Å². The van der Waals surface area contributed by atoms with E-state index < -0.39 is 51.7 Å². The lowest BCUT2D eigenvalue weighted by molar-refractivity contribution is -0.287. The van der Waals surface area contributed by atoms with Crippen LogP contribution >= 0.6 is 11.8 Å². The first-order chi connectivity index (χ1) is 8.64. The third kappa shape index (κ3) is 2.42. The van der Waals surface area contributed by atoms with Gasteiger partial charge in [0.15, 0.2) is 5.17 Å². The summed E-state index contributed by atoms with van der Waals surface area (Å²) in [5.74, 6) is -3.55. The van der Waals surface area contributed by atoms with Crippen molar-refractivity contribution in [1.82, 2.24) is 5.32 Å². The molecule has 1 rings (SSSR count). The summed E-state index contributed by atoms with van der Waals surface area (Å²) in [4.78, 5) is -2.70. The van der Waals surface area contributed by atoms with E-state index in [1.807, 2.05) is 0 Å². The molecule has 1 fully saturated rings. The van der Waals surface area contributed by atoms with E-state index >= 15 is 0 Å². The van der Waals surface area contributed by atoms with Crippen LogP contribution in [0.1, 0.15) is 0 Å². The van der Waals surface area contributed by atoms with E-state index in [0.717, 1.165) is 0 Å². The molecule has 13 heteroatoms. The fourth-order valence-electron chi connectivity index (χ4n) is 1.33. The lowest BCUT2D eigenvalue weighted by Gasteiger charge is -2.34. The van der Waals surface area contributed by atoms with Crippen molar-refractivity contribution in [3.8, 4) is 0 Å². The van der Waals surface area contributed by atoms with Crippen molar-refractivity contribution in [3.63, 3.8) is 0 Å². The number of hydrogen-bond donors (Lipinski definition) is 2. The van der Waals surface area contributed by atoms with E-state index in [1.54, 1.807) is 0 Å². The number of allylic oxidation sites excluding steroid dienone is 1. The molecule has 0 amide bonds. The van der Waals surface area contributed by atoms with E-state index in [1.165, 1.54) is 0 Å².